The average Bonchev–Trinajstić information content (AvgIpc) is 3.28. The monoisotopic (exact) mass is 413 g/mol. The first-order chi connectivity index (χ1) is 14.9. The van der Waals surface area contributed by atoms with Gasteiger partial charge in [-0.05, 0) is 43.0 Å². The van der Waals surface area contributed by atoms with E-state index in [9.17, 15) is 14.4 Å². The van der Waals surface area contributed by atoms with Crippen LogP contribution in [0.15, 0.2) is 59.0 Å². The first-order valence-electron chi connectivity index (χ1n) is 10.00. The molecule has 1 atom stereocenters. The molecule has 0 radical (unpaired) electrons. The third-order valence-corrected chi connectivity index (χ3v) is 5.84. The van der Waals surface area contributed by atoms with E-state index < -0.39 is 12.6 Å². The largest absolute Gasteiger partial charge is 0.451 e. The molecule has 0 aliphatic carbocycles. The van der Waals surface area contributed by atoms with Crippen molar-refractivity contribution < 1.29 is 23.5 Å². The highest BCUT2D eigenvalue weighted by Crippen LogP contribution is 2.33. The van der Waals surface area contributed by atoms with Crippen LogP contribution in [0.25, 0.3) is 21.7 Å². The van der Waals surface area contributed by atoms with Gasteiger partial charge in [-0.1, -0.05) is 36.4 Å². The number of furan rings is 1. The van der Waals surface area contributed by atoms with Gasteiger partial charge in [0.25, 0.3) is 0 Å². The maximum absolute atomic E-state index is 12.7. The van der Waals surface area contributed by atoms with Crippen molar-refractivity contribution >= 4 is 45.1 Å². The predicted molar refractivity (Wildman–Crippen MR) is 117 cm³/mol. The van der Waals surface area contributed by atoms with Crippen molar-refractivity contribution in [1.82, 2.24) is 0 Å². The summed E-state index contributed by atoms with van der Waals surface area (Å²) < 4.78 is 11.1. The summed E-state index contributed by atoms with van der Waals surface area (Å²) in [4.78, 5) is 37.0. The molecule has 0 fully saturated rings. The Kier molecular flexibility index (Phi) is 4.36. The summed E-state index contributed by atoms with van der Waals surface area (Å²) in [6.07, 6.45) is 0. The molecule has 0 saturated heterocycles. The SMILES string of the molecule is Cc1c(C(=O)OCC(=O)c2ccc3c(c2)[C@@H](C)C(=O)N3)oc2c1ccc1ccccc12. The Labute approximate surface area is 177 Å². The highest BCUT2D eigenvalue weighted by atomic mass is 16.5. The van der Waals surface area contributed by atoms with Gasteiger partial charge in [-0.3, -0.25) is 9.59 Å². The van der Waals surface area contributed by atoms with Gasteiger partial charge in [0.1, 0.15) is 5.58 Å². The number of rotatable bonds is 4. The Morgan fingerprint density at radius 1 is 1.06 bits per heavy atom. The second kappa shape index (κ2) is 7.09. The lowest BCUT2D eigenvalue weighted by Gasteiger charge is -2.06. The third-order valence-electron chi connectivity index (χ3n) is 5.84. The molecule has 0 saturated carbocycles. The van der Waals surface area contributed by atoms with E-state index in [1.54, 1.807) is 32.0 Å². The van der Waals surface area contributed by atoms with Gasteiger partial charge >= 0.3 is 5.97 Å². The molecule has 0 spiro atoms. The minimum Gasteiger partial charge on any atom is -0.451 e. The quantitative estimate of drug-likeness (QED) is 0.376. The Morgan fingerprint density at radius 2 is 1.87 bits per heavy atom. The predicted octanol–water partition coefficient (Wildman–Crippen LogP) is 4.99. The van der Waals surface area contributed by atoms with E-state index in [0.717, 1.165) is 21.7 Å². The van der Waals surface area contributed by atoms with E-state index in [1.807, 2.05) is 36.4 Å². The fourth-order valence-corrected chi connectivity index (χ4v) is 4.01. The van der Waals surface area contributed by atoms with Crippen LogP contribution >= 0.6 is 0 Å². The molecular formula is C25H19NO5. The summed E-state index contributed by atoms with van der Waals surface area (Å²) in [5, 5.41) is 5.53. The molecule has 4 aromatic rings. The van der Waals surface area contributed by atoms with E-state index in [2.05, 4.69) is 5.32 Å². The maximum Gasteiger partial charge on any atom is 0.375 e. The molecule has 1 amide bonds. The van der Waals surface area contributed by atoms with Crippen LogP contribution in [0.3, 0.4) is 0 Å². The van der Waals surface area contributed by atoms with Gasteiger partial charge in [0.05, 0.1) is 5.92 Å². The van der Waals surface area contributed by atoms with E-state index >= 15 is 0 Å². The highest BCUT2D eigenvalue weighted by molar-refractivity contribution is 6.09. The zero-order chi connectivity index (χ0) is 21.7. The third kappa shape index (κ3) is 3.08. The van der Waals surface area contributed by atoms with E-state index in [4.69, 9.17) is 9.15 Å². The minimum absolute atomic E-state index is 0.0940. The van der Waals surface area contributed by atoms with Crippen LogP contribution in [0.1, 0.15) is 44.9 Å². The van der Waals surface area contributed by atoms with Gasteiger partial charge in [-0.25, -0.2) is 4.79 Å². The van der Waals surface area contributed by atoms with Crippen molar-refractivity contribution in [2.75, 3.05) is 11.9 Å². The number of Topliss-reactive ketones (excluding diaryl/α,β-unsaturated/α-hetero) is 1. The van der Waals surface area contributed by atoms with E-state index in [-0.39, 0.29) is 23.4 Å². The van der Waals surface area contributed by atoms with Crippen molar-refractivity contribution in [2.45, 2.75) is 19.8 Å². The Morgan fingerprint density at radius 3 is 2.71 bits per heavy atom. The topological polar surface area (TPSA) is 85.6 Å². The van der Waals surface area contributed by atoms with Crippen LogP contribution in [-0.4, -0.2) is 24.3 Å². The van der Waals surface area contributed by atoms with Gasteiger partial charge in [-0.15, -0.1) is 0 Å². The van der Waals surface area contributed by atoms with E-state index in [1.165, 1.54) is 0 Å². The molecule has 0 bridgehead atoms. The van der Waals surface area contributed by atoms with Crippen LogP contribution in [0.5, 0.6) is 0 Å². The minimum atomic E-state index is -0.683. The number of nitrogens with one attached hydrogen (secondary N) is 1. The maximum atomic E-state index is 12.7. The second-order valence-electron chi connectivity index (χ2n) is 7.73. The molecule has 2 heterocycles. The molecule has 1 aromatic heterocycles. The molecule has 1 N–H and O–H groups in total. The second-order valence-corrected chi connectivity index (χ2v) is 7.73. The number of fused-ring (bicyclic) bond motifs is 4. The number of aryl methyl sites for hydroxylation is 1. The summed E-state index contributed by atoms with van der Waals surface area (Å²) in [6, 6.07) is 16.6. The number of amides is 1. The molecule has 1 aliphatic rings. The molecule has 6 nitrogen and oxygen atoms in total. The summed E-state index contributed by atoms with van der Waals surface area (Å²) in [7, 11) is 0. The van der Waals surface area contributed by atoms with Gasteiger partial charge in [0.2, 0.25) is 11.7 Å². The number of anilines is 1. The molecule has 5 rings (SSSR count). The lowest BCUT2D eigenvalue weighted by molar-refractivity contribution is -0.116. The zero-order valence-electron chi connectivity index (χ0n) is 17.0. The van der Waals surface area contributed by atoms with Crippen molar-refractivity contribution in [3.63, 3.8) is 0 Å². The van der Waals surface area contributed by atoms with Crippen molar-refractivity contribution in [2.24, 2.45) is 0 Å². The summed E-state index contributed by atoms with van der Waals surface area (Å²) >= 11 is 0. The molecule has 0 unspecified atom stereocenters. The number of hydrogen-bond acceptors (Lipinski definition) is 5. The number of ether oxygens (including phenoxy) is 1. The average molecular weight is 413 g/mol. The Bertz CT molecular complexity index is 1400. The van der Waals surface area contributed by atoms with Crippen LogP contribution in [-0.2, 0) is 9.53 Å². The van der Waals surface area contributed by atoms with Gasteiger partial charge in [0, 0.05) is 27.6 Å². The van der Waals surface area contributed by atoms with Crippen LogP contribution in [0.2, 0.25) is 0 Å². The van der Waals surface area contributed by atoms with Gasteiger partial charge in [-0.2, -0.15) is 0 Å². The molecule has 1 aliphatic heterocycles. The van der Waals surface area contributed by atoms with Crippen molar-refractivity contribution in [3.8, 4) is 0 Å². The van der Waals surface area contributed by atoms with Crippen LogP contribution < -0.4 is 5.32 Å². The zero-order valence-corrected chi connectivity index (χ0v) is 17.0. The van der Waals surface area contributed by atoms with Crippen molar-refractivity contribution in [3.05, 3.63) is 77.0 Å². The summed E-state index contributed by atoms with van der Waals surface area (Å²) in [5.74, 6) is -1.35. The van der Waals surface area contributed by atoms with E-state index in [0.29, 0.717) is 22.4 Å². The Hall–Kier alpha value is -3.93. The standard InChI is InChI=1S/C25H19NO5/c1-13-17-9-7-15-5-3-4-6-18(15)23(17)31-22(13)25(29)30-12-21(27)16-8-10-20-19(11-16)14(2)24(28)26-20/h3-11,14H,12H2,1-2H3,(H,26,28)/t14-/m1/s1. The molecule has 6 heteroatoms. The number of esters is 1. The summed E-state index contributed by atoms with van der Waals surface area (Å²) in [6.45, 7) is 3.17. The highest BCUT2D eigenvalue weighted by Gasteiger charge is 2.27. The van der Waals surface area contributed by atoms with Crippen LogP contribution in [0.4, 0.5) is 5.69 Å². The number of hydrogen-bond donors (Lipinski definition) is 1. The molecule has 154 valence electrons. The fourth-order valence-electron chi connectivity index (χ4n) is 4.01. The number of carbonyl (C=O) groups is 3. The van der Waals surface area contributed by atoms with Crippen LogP contribution in [0, 0.1) is 6.92 Å². The molecule has 31 heavy (non-hydrogen) atoms. The van der Waals surface area contributed by atoms with Gasteiger partial charge in [0.15, 0.2) is 12.4 Å². The molecule has 3 aromatic carbocycles. The summed E-state index contributed by atoms with van der Waals surface area (Å²) in [5.41, 5.74) is 3.16. The van der Waals surface area contributed by atoms with Crippen molar-refractivity contribution in [1.29, 1.82) is 0 Å². The smallest absolute Gasteiger partial charge is 0.375 e. The number of benzene rings is 3. The Balaban J connectivity index is 1.37. The normalized spacial score (nSPS) is 15.2. The lowest BCUT2D eigenvalue weighted by atomic mass is 9.99. The number of carbonyl (C=O) groups excluding carboxylic acids is 3. The molecular weight excluding hydrogens is 394 g/mol. The van der Waals surface area contributed by atoms with Gasteiger partial charge < -0.3 is 14.5 Å². The first kappa shape index (κ1) is 19.1. The lowest BCUT2D eigenvalue weighted by Crippen LogP contribution is -2.14. The fraction of sp³-hybridized carbons (Fsp3) is 0.160. The first-order valence-corrected chi connectivity index (χ1v) is 10.00. The number of ketones is 1.